The van der Waals surface area contributed by atoms with E-state index in [9.17, 15) is 4.79 Å². The molecule has 2 aliphatic heterocycles. The van der Waals surface area contributed by atoms with E-state index in [-0.39, 0.29) is 5.91 Å². The zero-order chi connectivity index (χ0) is 39.0. The van der Waals surface area contributed by atoms with Crippen LogP contribution in [-0.4, -0.2) is 77.9 Å². The summed E-state index contributed by atoms with van der Waals surface area (Å²) in [6.45, 7) is 5.73. The van der Waals surface area contributed by atoms with Crippen molar-refractivity contribution in [2.75, 3.05) is 61.8 Å². The molecular formula is C44H45N9O4. The minimum atomic E-state index is -0.123. The summed E-state index contributed by atoms with van der Waals surface area (Å²) in [6.07, 6.45) is 8.01. The Kier molecular flexibility index (Phi) is 11.4. The molecule has 0 bridgehead atoms. The number of fused-ring (bicyclic) bond motifs is 1. The van der Waals surface area contributed by atoms with Gasteiger partial charge >= 0.3 is 0 Å². The first-order valence-corrected chi connectivity index (χ1v) is 19.1. The van der Waals surface area contributed by atoms with Gasteiger partial charge in [0.15, 0.2) is 0 Å². The van der Waals surface area contributed by atoms with Crippen molar-refractivity contribution in [1.82, 2.24) is 30.2 Å². The highest BCUT2D eigenvalue weighted by Crippen LogP contribution is 2.36. The number of nitrogens with one attached hydrogen (secondary N) is 1. The van der Waals surface area contributed by atoms with Crippen LogP contribution in [0, 0.1) is 0 Å². The molecule has 1 N–H and O–H groups in total. The topological polar surface area (TPSA) is 131 Å². The molecule has 13 heteroatoms. The zero-order valence-corrected chi connectivity index (χ0v) is 32.2. The summed E-state index contributed by atoms with van der Waals surface area (Å²) in [7, 11) is 3.34. The van der Waals surface area contributed by atoms with Crippen molar-refractivity contribution in [3.8, 4) is 22.8 Å². The lowest BCUT2D eigenvalue weighted by Crippen LogP contribution is -2.37. The Balaban J connectivity index is 1.04. The van der Waals surface area contributed by atoms with Crippen molar-refractivity contribution in [3.05, 3.63) is 143 Å². The standard InChI is InChI=1S/C44H45N9O4/c1-55-37-13-7-32(8-14-37)29-53(30-33-9-15-38(56-2)16-10-33)43-47-26-36(27-48-43)40-39-17-19-52(41(39)50-44(49-40)51-20-22-57-23-21-51)28-31-5-11-35(12-6-31)42(54)46-25-34-4-3-18-45-24-34/h3-16,18,24,26-27H,17,19-23,25,28-30H2,1-2H3,(H,46,54). The predicted octanol–water partition coefficient (Wildman–Crippen LogP) is 5.88. The van der Waals surface area contributed by atoms with Gasteiger partial charge in [0, 0.05) is 87.3 Å². The number of amides is 1. The maximum Gasteiger partial charge on any atom is 0.251 e. The monoisotopic (exact) mass is 763 g/mol. The van der Waals surface area contributed by atoms with Crippen LogP contribution in [0.3, 0.4) is 0 Å². The van der Waals surface area contributed by atoms with Crippen LogP contribution in [0.4, 0.5) is 17.7 Å². The first-order valence-electron chi connectivity index (χ1n) is 19.1. The highest BCUT2D eigenvalue weighted by atomic mass is 16.5. The van der Waals surface area contributed by atoms with Crippen molar-refractivity contribution >= 4 is 23.6 Å². The molecule has 57 heavy (non-hydrogen) atoms. The van der Waals surface area contributed by atoms with E-state index in [4.69, 9.17) is 34.1 Å². The Morgan fingerprint density at radius 2 is 1.42 bits per heavy atom. The third-order valence-electron chi connectivity index (χ3n) is 10.2. The van der Waals surface area contributed by atoms with E-state index in [0.717, 1.165) is 69.4 Å². The van der Waals surface area contributed by atoms with Gasteiger partial charge in [-0.2, -0.15) is 4.98 Å². The van der Waals surface area contributed by atoms with Crippen LogP contribution >= 0.6 is 0 Å². The van der Waals surface area contributed by atoms with E-state index in [2.05, 4.69) is 49.3 Å². The first-order chi connectivity index (χ1) is 28.0. The number of morpholine rings is 1. The molecule has 0 saturated carbocycles. The van der Waals surface area contributed by atoms with Crippen molar-refractivity contribution < 1.29 is 19.0 Å². The Hall–Kier alpha value is -6.60. The average Bonchev–Trinajstić information content (AvgIpc) is 3.68. The van der Waals surface area contributed by atoms with Crippen molar-refractivity contribution in [2.45, 2.75) is 32.6 Å². The number of hydrogen-bond donors (Lipinski definition) is 1. The van der Waals surface area contributed by atoms with Crippen LogP contribution in [-0.2, 0) is 37.3 Å². The molecule has 3 aromatic heterocycles. The van der Waals surface area contributed by atoms with Gasteiger partial charge in [-0.15, -0.1) is 0 Å². The van der Waals surface area contributed by atoms with E-state index in [0.29, 0.717) is 69.9 Å². The third-order valence-corrected chi connectivity index (χ3v) is 10.2. The molecule has 0 atom stereocenters. The number of benzene rings is 3. The molecule has 3 aromatic carbocycles. The van der Waals surface area contributed by atoms with Crippen LogP contribution in [0.25, 0.3) is 11.3 Å². The van der Waals surface area contributed by atoms with E-state index in [1.807, 2.05) is 73.1 Å². The van der Waals surface area contributed by atoms with Gasteiger partial charge in [0.1, 0.15) is 17.3 Å². The highest BCUT2D eigenvalue weighted by molar-refractivity contribution is 5.94. The summed E-state index contributed by atoms with van der Waals surface area (Å²) in [4.78, 5) is 43.8. The molecule has 290 valence electrons. The number of carbonyl (C=O) groups is 1. The SMILES string of the molecule is COc1ccc(CN(Cc2ccc(OC)cc2)c2ncc(-c3nc(N4CCOCC4)nc4c3CCN4Cc3ccc(C(=O)NCc4cccnc4)cc3)cn2)cc1. The van der Waals surface area contributed by atoms with Gasteiger partial charge in [0.2, 0.25) is 11.9 Å². The minimum Gasteiger partial charge on any atom is -0.497 e. The summed E-state index contributed by atoms with van der Waals surface area (Å²) in [5, 5.41) is 2.98. The lowest BCUT2D eigenvalue weighted by Gasteiger charge is -2.28. The van der Waals surface area contributed by atoms with Crippen LogP contribution in [0.2, 0.25) is 0 Å². The third kappa shape index (κ3) is 8.94. The number of ether oxygens (including phenoxy) is 3. The Morgan fingerprint density at radius 1 is 0.772 bits per heavy atom. The summed E-state index contributed by atoms with van der Waals surface area (Å²) in [5.74, 6) is 3.68. The van der Waals surface area contributed by atoms with Gasteiger partial charge in [0.25, 0.3) is 5.91 Å². The zero-order valence-electron chi connectivity index (χ0n) is 32.2. The first kappa shape index (κ1) is 37.3. The fourth-order valence-electron chi connectivity index (χ4n) is 7.08. The number of methoxy groups -OCH3 is 2. The Bertz CT molecular complexity index is 2200. The van der Waals surface area contributed by atoms with Gasteiger partial charge in [0.05, 0.1) is 33.1 Å². The van der Waals surface area contributed by atoms with Gasteiger partial charge in [-0.05, 0) is 71.1 Å². The molecule has 0 spiro atoms. The van der Waals surface area contributed by atoms with E-state index in [1.54, 1.807) is 26.6 Å². The largest absolute Gasteiger partial charge is 0.497 e. The fourth-order valence-corrected chi connectivity index (χ4v) is 7.08. The van der Waals surface area contributed by atoms with Crippen LogP contribution in [0.5, 0.6) is 11.5 Å². The number of rotatable bonds is 14. The van der Waals surface area contributed by atoms with Crippen LogP contribution < -0.4 is 29.5 Å². The smallest absolute Gasteiger partial charge is 0.251 e. The van der Waals surface area contributed by atoms with E-state index >= 15 is 0 Å². The Morgan fingerprint density at radius 3 is 2.04 bits per heavy atom. The average molecular weight is 764 g/mol. The van der Waals surface area contributed by atoms with Crippen molar-refractivity contribution in [1.29, 1.82) is 0 Å². The molecular weight excluding hydrogens is 719 g/mol. The molecule has 8 rings (SSSR count). The summed E-state index contributed by atoms with van der Waals surface area (Å²) >= 11 is 0. The molecule has 6 aromatic rings. The van der Waals surface area contributed by atoms with Gasteiger partial charge in [-0.25, -0.2) is 15.0 Å². The molecule has 1 amide bonds. The number of anilines is 3. The van der Waals surface area contributed by atoms with Gasteiger partial charge < -0.3 is 34.2 Å². The number of aromatic nitrogens is 5. The molecule has 13 nitrogen and oxygen atoms in total. The maximum atomic E-state index is 12.9. The maximum absolute atomic E-state index is 12.9. The number of pyridine rings is 1. The van der Waals surface area contributed by atoms with Gasteiger partial charge in [-0.3, -0.25) is 9.78 Å². The summed E-state index contributed by atoms with van der Waals surface area (Å²) in [6, 6.07) is 27.7. The predicted molar refractivity (Wildman–Crippen MR) is 219 cm³/mol. The highest BCUT2D eigenvalue weighted by Gasteiger charge is 2.29. The number of hydrogen-bond acceptors (Lipinski definition) is 12. The molecule has 1 fully saturated rings. The van der Waals surface area contributed by atoms with Crippen LogP contribution in [0.1, 0.15) is 38.2 Å². The second-order valence-electron chi connectivity index (χ2n) is 14.0. The molecule has 0 unspecified atom stereocenters. The lowest BCUT2D eigenvalue weighted by atomic mass is 10.1. The molecule has 0 aliphatic carbocycles. The van der Waals surface area contributed by atoms with Crippen LogP contribution in [0.15, 0.2) is 110 Å². The quantitative estimate of drug-likeness (QED) is 0.142. The second-order valence-corrected chi connectivity index (χ2v) is 14.0. The van der Waals surface area contributed by atoms with Gasteiger partial charge in [-0.1, -0.05) is 42.5 Å². The molecule has 2 aliphatic rings. The fraction of sp³-hybridized carbons (Fsp3) is 0.273. The van der Waals surface area contributed by atoms with E-state index in [1.165, 1.54) is 0 Å². The number of nitrogens with zero attached hydrogens (tertiary/aromatic N) is 8. The van der Waals surface area contributed by atoms with E-state index < -0.39 is 0 Å². The van der Waals surface area contributed by atoms with Crippen molar-refractivity contribution in [2.24, 2.45) is 0 Å². The van der Waals surface area contributed by atoms with Crippen molar-refractivity contribution in [3.63, 3.8) is 0 Å². The normalized spacial score (nSPS) is 13.6. The molecule has 0 radical (unpaired) electrons. The molecule has 1 saturated heterocycles. The molecule has 5 heterocycles. The second kappa shape index (κ2) is 17.5. The lowest BCUT2D eigenvalue weighted by molar-refractivity contribution is 0.0951. The summed E-state index contributed by atoms with van der Waals surface area (Å²) < 4.78 is 16.4. The number of carbonyl (C=O) groups excluding carboxylic acids is 1. The summed E-state index contributed by atoms with van der Waals surface area (Å²) in [5.41, 5.74) is 7.62. The minimum absolute atomic E-state index is 0.123. The Labute approximate surface area is 332 Å².